The molecule has 0 radical (unpaired) electrons. The summed E-state index contributed by atoms with van der Waals surface area (Å²) in [6.07, 6.45) is 0. The average Bonchev–Trinajstić information content (AvgIpc) is 4.02. The number of fused-ring (bicyclic) bond motifs is 9. The molecule has 63 heavy (non-hydrogen) atoms. The molecule has 294 valence electrons. The van der Waals surface area contributed by atoms with Gasteiger partial charge in [-0.2, -0.15) is 0 Å². The summed E-state index contributed by atoms with van der Waals surface area (Å²) < 4.78 is 11.3. The van der Waals surface area contributed by atoms with Crippen LogP contribution in [0, 0.1) is 0 Å². The smallest absolute Gasteiger partial charge is 0.164 e. The minimum Gasteiger partial charge on any atom is -0.454 e. The lowest BCUT2D eigenvalue weighted by atomic mass is 9.98. The zero-order valence-electron chi connectivity index (χ0n) is 33.9. The average molecular weight is 806 g/mol. The van der Waals surface area contributed by atoms with Crippen molar-refractivity contribution in [3.63, 3.8) is 0 Å². The van der Waals surface area contributed by atoms with Crippen molar-refractivity contribution in [1.29, 1.82) is 0 Å². The Morgan fingerprint density at radius 2 is 0.889 bits per heavy atom. The largest absolute Gasteiger partial charge is 0.454 e. The maximum Gasteiger partial charge on any atom is 0.164 e. The van der Waals surface area contributed by atoms with Gasteiger partial charge in [-0.05, 0) is 65.7 Å². The van der Waals surface area contributed by atoms with E-state index in [9.17, 15) is 0 Å². The first-order valence-electron chi connectivity index (χ1n) is 21.2. The number of aromatic nitrogens is 5. The third-order valence-electron chi connectivity index (χ3n) is 12.4. The van der Waals surface area contributed by atoms with Crippen molar-refractivity contribution in [3.05, 3.63) is 212 Å². The van der Waals surface area contributed by atoms with Crippen LogP contribution in [0.4, 0.5) is 0 Å². The second kappa shape index (κ2) is 14.0. The van der Waals surface area contributed by atoms with Crippen LogP contribution in [0.1, 0.15) is 0 Å². The van der Waals surface area contributed by atoms with E-state index in [-0.39, 0.29) is 0 Å². The van der Waals surface area contributed by atoms with E-state index in [2.05, 4.69) is 149 Å². The number of benzene rings is 9. The van der Waals surface area contributed by atoms with E-state index in [1.807, 2.05) is 72.8 Å². The van der Waals surface area contributed by atoms with Gasteiger partial charge in [0, 0.05) is 54.7 Å². The first-order chi connectivity index (χ1) is 31.2. The Kier molecular flexibility index (Phi) is 7.80. The lowest BCUT2D eigenvalue weighted by molar-refractivity contribution is 0.666. The maximum absolute atomic E-state index is 6.57. The van der Waals surface area contributed by atoms with Crippen LogP contribution in [0.3, 0.4) is 0 Å². The number of para-hydroxylation sites is 4. The summed E-state index contributed by atoms with van der Waals surface area (Å²) in [7, 11) is 0. The Balaban J connectivity index is 0.981. The van der Waals surface area contributed by atoms with E-state index < -0.39 is 0 Å². The van der Waals surface area contributed by atoms with E-state index in [1.54, 1.807) is 0 Å². The van der Waals surface area contributed by atoms with Crippen molar-refractivity contribution in [2.45, 2.75) is 0 Å². The molecule has 0 aliphatic rings. The fourth-order valence-corrected chi connectivity index (χ4v) is 9.57. The predicted molar refractivity (Wildman–Crippen MR) is 258 cm³/mol. The summed E-state index contributed by atoms with van der Waals surface area (Å²) in [5, 5.41) is 7.00. The predicted octanol–water partition coefficient (Wildman–Crippen LogP) is 14.6. The molecule has 0 spiro atoms. The van der Waals surface area contributed by atoms with E-state index in [4.69, 9.17) is 19.4 Å². The summed E-state index contributed by atoms with van der Waals surface area (Å²) in [6, 6.07) is 74.5. The molecule has 0 fully saturated rings. The van der Waals surface area contributed by atoms with E-state index in [0.717, 1.165) is 77.6 Å². The van der Waals surface area contributed by atoms with Crippen molar-refractivity contribution >= 4 is 65.6 Å². The van der Waals surface area contributed by atoms with Gasteiger partial charge in [0.2, 0.25) is 0 Å². The van der Waals surface area contributed by atoms with Crippen LogP contribution in [-0.2, 0) is 0 Å². The molecule has 0 atom stereocenters. The quantitative estimate of drug-likeness (QED) is 0.168. The number of nitrogens with zero attached hydrogens (tertiary/aromatic N) is 5. The molecule has 4 heterocycles. The number of hydrogen-bond donors (Lipinski definition) is 0. The topological polar surface area (TPSA) is 61.7 Å². The molecule has 13 rings (SSSR count). The number of hydrogen-bond acceptors (Lipinski definition) is 4. The first kappa shape index (κ1) is 35.2. The summed E-state index contributed by atoms with van der Waals surface area (Å²) in [5.41, 5.74) is 13.5. The normalized spacial score (nSPS) is 11.8. The lowest BCUT2D eigenvalue weighted by Gasteiger charge is -2.12. The Morgan fingerprint density at radius 1 is 0.333 bits per heavy atom. The Morgan fingerprint density at radius 3 is 1.65 bits per heavy atom. The molecule has 0 aliphatic heterocycles. The fraction of sp³-hybridized carbons (Fsp3) is 0. The van der Waals surface area contributed by atoms with Crippen LogP contribution >= 0.6 is 0 Å². The van der Waals surface area contributed by atoms with Gasteiger partial charge >= 0.3 is 0 Å². The molecule has 0 amide bonds. The maximum atomic E-state index is 6.57. The van der Waals surface area contributed by atoms with Crippen molar-refractivity contribution in [1.82, 2.24) is 24.1 Å². The highest BCUT2D eigenvalue weighted by Crippen LogP contribution is 2.43. The van der Waals surface area contributed by atoms with Gasteiger partial charge in [0.1, 0.15) is 5.58 Å². The lowest BCUT2D eigenvalue weighted by Crippen LogP contribution is -2.01. The zero-order chi connectivity index (χ0) is 41.4. The third kappa shape index (κ3) is 5.55. The second-order valence-electron chi connectivity index (χ2n) is 16.0. The van der Waals surface area contributed by atoms with E-state index >= 15 is 0 Å². The number of rotatable bonds is 6. The van der Waals surface area contributed by atoms with E-state index in [0.29, 0.717) is 17.5 Å². The number of furan rings is 1. The molecule has 0 aliphatic carbocycles. The first-order valence-corrected chi connectivity index (χ1v) is 21.2. The van der Waals surface area contributed by atoms with Gasteiger partial charge in [0.15, 0.2) is 23.1 Å². The Hall–Kier alpha value is -8.61. The Labute approximate surface area is 361 Å². The van der Waals surface area contributed by atoms with Gasteiger partial charge in [-0.25, -0.2) is 15.0 Å². The highest BCUT2D eigenvalue weighted by Gasteiger charge is 2.21. The highest BCUT2D eigenvalue weighted by atomic mass is 16.3. The van der Waals surface area contributed by atoms with Crippen LogP contribution in [0.15, 0.2) is 217 Å². The van der Waals surface area contributed by atoms with Gasteiger partial charge in [-0.3, -0.25) is 0 Å². The molecule has 0 unspecified atom stereocenters. The minimum absolute atomic E-state index is 0.620. The molecule has 6 nitrogen and oxygen atoms in total. The van der Waals surface area contributed by atoms with Gasteiger partial charge in [0.25, 0.3) is 0 Å². The summed E-state index contributed by atoms with van der Waals surface area (Å²) in [5.74, 6) is 1.89. The molecule has 6 heteroatoms. The van der Waals surface area contributed by atoms with Gasteiger partial charge in [0.05, 0.1) is 27.8 Å². The van der Waals surface area contributed by atoms with E-state index in [1.165, 1.54) is 27.1 Å². The van der Waals surface area contributed by atoms with Gasteiger partial charge in [-0.15, -0.1) is 0 Å². The molecule has 0 saturated heterocycles. The monoisotopic (exact) mass is 805 g/mol. The van der Waals surface area contributed by atoms with Crippen molar-refractivity contribution in [2.75, 3.05) is 0 Å². The molecule has 0 saturated carbocycles. The summed E-state index contributed by atoms with van der Waals surface area (Å²) in [4.78, 5) is 15.0. The molecular formula is C57H35N5O. The highest BCUT2D eigenvalue weighted by molar-refractivity contribution is 6.18. The van der Waals surface area contributed by atoms with Crippen LogP contribution < -0.4 is 0 Å². The Bertz CT molecular complexity index is 3860. The second-order valence-corrected chi connectivity index (χ2v) is 16.0. The molecule has 0 bridgehead atoms. The van der Waals surface area contributed by atoms with Gasteiger partial charge < -0.3 is 13.6 Å². The van der Waals surface area contributed by atoms with Crippen LogP contribution in [0.5, 0.6) is 0 Å². The SMILES string of the molecule is c1ccc(-c2nc(-c3ccccc3)nc(-c3cccc(-n4c5ccccc5c5c(-c6ccc7c(c6)c6ccccc6n7-c6cccc7c6oc6ccccc67)cccc54)c3)n2)cc1. The minimum atomic E-state index is 0.620. The third-order valence-corrected chi connectivity index (χ3v) is 12.4. The summed E-state index contributed by atoms with van der Waals surface area (Å²) >= 11 is 0. The van der Waals surface area contributed by atoms with Gasteiger partial charge in [-0.1, -0.05) is 158 Å². The van der Waals surface area contributed by atoms with Crippen LogP contribution in [-0.4, -0.2) is 24.1 Å². The van der Waals surface area contributed by atoms with Crippen molar-refractivity contribution < 1.29 is 4.42 Å². The molecule has 4 aromatic heterocycles. The van der Waals surface area contributed by atoms with Crippen molar-refractivity contribution in [3.8, 4) is 56.7 Å². The fourth-order valence-electron chi connectivity index (χ4n) is 9.57. The molecule has 9 aromatic carbocycles. The molecule has 13 aromatic rings. The molecular weight excluding hydrogens is 771 g/mol. The standard InChI is InChI=1S/C57H35N5O/c1-3-16-36(17-4-1)55-58-56(37-18-5-2-6-19-37)60-57(59-55)39-20-13-21-40(34-39)61-48-28-11-8-24-45(48)53-41(25-14-29-50(53)61)38-32-33-49-46(35-38)42-22-7-10-27-47(42)62(49)51-30-15-26-44-43-23-9-12-31-52(43)63-54(44)51/h1-35H. The van der Waals surface area contributed by atoms with Crippen LogP contribution in [0.25, 0.3) is 122 Å². The van der Waals surface area contributed by atoms with Crippen LogP contribution in [0.2, 0.25) is 0 Å². The van der Waals surface area contributed by atoms with Crippen molar-refractivity contribution in [2.24, 2.45) is 0 Å². The summed E-state index contributed by atoms with van der Waals surface area (Å²) in [6.45, 7) is 0. The molecule has 0 N–H and O–H groups in total. The zero-order valence-corrected chi connectivity index (χ0v) is 33.9.